The van der Waals surface area contributed by atoms with Gasteiger partial charge in [0, 0.05) is 38.2 Å². The molecule has 0 bridgehead atoms. The van der Waals surface area contributed by atoms with Gasteiger partial charge >= 0.3 is 5.97 Å². The number of hydrogen-bond acceptors (Lipinski definition) is 3. The Morgan fingerprint density at radius 3 is 2.12 bits per heavy atom. The summed E-state index contributed by atoms with van der Waals surface area (Å²) < 4.78 is 0. The van der Waals surface area contributed by atoms with E-state index in [0.29, 0.717) is 0 Å². The van der Waals surface area contributed by atoms with E-state index in [2.05, 4.69) is 5.32 Å². The molecule has 0 saturated heterocycles. The van der Waals surface area contributed by atoms with Gasteiger partial charge in [-0.25, -0.2) is 4.79 Å². The lowest BCUT2D eigenvalue weighted by Crippen LogP contribution is -2.32. The molecule has 0 atom stereocenters. The van der Waals surface area contributed by atoms with Crippen molar-refractivity contribution in [1.29, 1.82) is 0 Å². The third-order valence-corrected chi connectivity index (χ3v) is 2.50. The zero-order chi connectivity index (χ0) is 13.6. The Morgan fingerprint density at radius 1 is 1.18 bits per heavy atom. The second-order valence-corrected chi connectivity index (χ2v) is 3.71. The maximum absolute atomic E-state index is 11.8. The van der Waals surface area contributed by atoms with Gasteiger partial charge in [-0.05, 0) is 13.8 Å². The van der Waals surface area contributed by atoms with Crippen molar-refractivity contribution in [1.82, 2.24) is 10.2 Å². The summed E-state index contributed by atoms with van der Waals surface area (Å²) in [5.74, 6) is -1.66. The number of amides is 2. The summed E-state index contributed by atoms with van der Waals surface area (Å²) in [7, 11) is 3.05. The number of carbonyl (C=O) groups excluding carboxylic acids is 2. The van der Waals surface area contributed by atoms with Crippen LogP contribution in [0.5, 0.6) is 0 Å². The summed E-state index contributed by atoms with van der Waals surface area (Å²) in [6, 6.07) is 0. The van der Waals surface area contributed by atoms with Crippen LogP contribution in [0.15, 0.2) is 11.1 Å². The monoisotopic (exact) mass is 242 g/mol. The van der Waals surface area contributed by atoms with Gasteiger partial charge in [-0.15, -0.1) is 0 Å². The molecule has 0 aliphatic carbocycles. The van der Waals surface area contributed by atoms with Crippen LogP contribution in [0.2, 0.25) is 0 Å². The van der Waals surface area contributed by atoms with Crippen LogP contribution in [0.4, 0.5) is 0 Å². The second-order valence-electron chi connectivity index (χ2n) is 3.71. The van der Waals surface area contributed by atoms with Gasteiger partial charge in [0.25, 0.3) is 0 Å². The van der Waals surface area contributed by atoms with Gasteiger partial charge in [0.05, 0.1) is 0 Å². The number of nitrogens with one attached hydrogen (secondary N) is 1. The third kappa shape index (κ3) is 4.67. The van der Waals surface area contributed by atoms with Crippen molar-refractivity contribution >= 4 is 17.8 Å². The average Bonchev–Trinajstić information content (AvgIpc) is 2.32. The minimum Gasteiger partial charge on any atom is -0.478 e. The highest BCUT2D eigenvalue weighted by Gasteiger charge is 2.16. The first-order chi connectivity index (χ1) is 7.81. The smallest absolute Gasteiger partial charge is 0.331 e. The molecule has 17 heavy (non-hydrogen) atoms. The molecule has 0 aliphatic rings. The SMILES string of the molecule is CNC(=O)CCN(C)C(=O)C(C)=C(C)C(=O)O. The van der Waals surface area contributed by atoms with Crippen LogP contribution in [0.25, 0.3) is 0 Å². The molecule has 0 fully saturated rings. The summed E-state index contributed by atoms with van der Waals surface area (Å²) >= 11 is 0. The van der Waals surface area contributed by atoms with Crippen LogP contribution in [0.1, 0.15) is 20.3 Å². The van der Waals surface area contributed by atoms with E-state index < -0.39 is 5.97 Å². The molecule has 0 aliphatic heterocycles. The van der Waals surface area contributed by atoms with Crippen molar-refractivity contribution in [3.05, 3.63) is 11.1 Å². The summed E-state index contributed by atoms with van der Waals surface area (Å²) in [4.78, 5) is 34.8. The van der Waals surface area contributed by atoms with Crippen LogP contribution >= 0.6 is 0 Å². The molecule has 0 aromatic heterocycles. The van der Waals surface area contributed by atoms with Crippen LogP contribution in [0.3, 0.4) is 0 Å². The van der Waals surface area contributed by atoms with Crippen LogP contribution in [-0.2, 0) is 14.4 Å². The number of carboxylic acid groups (broad SMARTS) is 1. The molecule has 0 heterocycles. The molecular weight excluding hydrogens is 224 g/mol. The molecule has 0 aromatic rings. The van der Waals surface area contributed by atoms with Crippen molar-refractivity contribution in [2.24, 2.45) is 0 Å². The first-order valence-electron chi connectivity index (χ1n) is 5.18. The number of hydrogen-bond donors (Lipinski definition) is 2. The topological polar surface area (TPSA) is 86.7 Å². The Bertz CT molecular complexity index is 360. The number of carboxylic acids is 1. The molecule has 0 unspecified atom stereocenters. The number of carbonyl (C=O) groups is 3. The lowest BCUT2D eigenvalue weighted by atomic mass is 10.1. The normalized spacial score (nSPS) is 11.5. The molecule has 6 heteroatoms. The van der Waals surface area contributed by atoms with Gasteiger partial charge in [0.15, 0.2) is 0 Å². The summed E-state index contributed by atoms with van der Waals surface area (Å²) in [5, 5.41) is 11.2. The van der Waals surface area contributed by atoms with Gasteiger partial charge in [-0.3, -0.25) is 9.59 Å². The van der Waals surface area contributed by atoms with Gasteiger partial charge in [-0.2, -0.15) is 0 Å². The Hall–Kier alpha value is -1.85. The highest BCUT2D eigenvalue weighted by Crippen LogP contribution is 2.07. The van der Waals surface area contributed by atoms with Crippen LogP contribution < -0.4 is 5.32 Å². The lowest BCUT2D eigenvalue weighted by Gasteiger charge is -2.17. The maximum Gasteiger partial charge on any atom is 0.331 e. The maximum atomic E-state index is 11.8. The fourth-order valence-electron chi connectivity index (χ4n) is 1.10. The van der Waals surface area contributed by atoms with E-state index in [0.717, 1.165) is 0 Å². The van der Waals surface area contributed by atoms with Gasteiger partial charge in [-0.1, -0.05) is 0 Å². The average molecular weight is 242 g/mol. The Morgan fingerprint density at radius 2 is 1.71 bits per heavy atom. The van der Waals surface area contributed by atoms with Gasteiger partial charge < -0.3 is 15.3 Å². The zero-order valence-corrected chi connectivity index (χ0v) is 10.5. The second kappa shape index (κ2) is 6.67. The number of likely N-dealkylation sites (N-methyl/N-ethyl adjacent to an activating group) is 1. The number of aliphatic carboxylic acids is 1. The number of rotatable bonds is 5. The highest BCUT2D eigenvalue weighted by molar-refractivity contribution is 6.01. The lowest BCUT2D eigenvalue weighted by molar-refractivity contribution is -0.134. The van der Waals surface area contributed by atoms with E-state index in [9.17, 15) is 14.4 Å². The molecule has 0 rings (SSSR count). The summed E-state index contributed by atoms with van der Waals surface area (Å²) in [6.45, 7) is 3.09. The minimum atomic E-state index is -1.12. The quantitative estimate of drug-likeness (QED) is 0.664. The zero-order valence-electron chi connectivity index (χ0n) is 10.5. The molecular formula is C11H18N2O4. The standard InChI is InChI=1S/C11H18N2O4/c1-7(8(2)11(16)17)10(15)13(4)6-5-9(14)12-3/h5-6H2,1-4H3,(H,12,14)(H,16,17). The van der Waals surface area contributed by atoms with E-state index in [1.807, 2.05) is 0 Å². The summed E-state index contributed by atoms with van der Waals surface area (Å²) in [6.07, 6.45) is 0.193. The van der Waals surface area contributed by atoms with E-state index in [1.54, 1.807) is 0 Å². The highest BCUT2D eigenvalue weighted by atomic mass is 16.4. The predicted molar refractivity (Wildman–Crippen MR) is 62.3 cm³/mol. The van der Waals surface area contributed by atoms with Crippen LogP contribution in [0, 0.1) is 0 Å². The Balaban J connectivity index is 4.56. The van der Waals surface area contributed by atoms with Crippen molar-refractivity contribution in [3.63, 3.8) is 0 Å². The molecule has 6 nitrogen and oxygen atoms in total. The van der Waals surface area contributed by atoms with Crippen molar-refractivity contribution in [3.8, 4) is 0 Å². The fourth-order valence-corrected chi connectivity index (χ4v) is 1.10. The van der Waals surface area contributed by atoms with Crippen molar-refractivity contribution < 1.29 is 19.5 Å². The first-order valence-corrected chi connectivity index (χ1v) is 5.18. The van der Waals surface area contributed by atoms with Crippen LogP contribution in [-0.4, -0.2) is 48.4 Å². The molecule has 0 saturated carbocycles. The van der Waals surface area contributed by atoms with E-state index in [-0.39, 0.29) is 35.9 Å². The largest absolute Gasteiger partial charge is 0.478 e. The summed E-state index contributed by atoms with van der Waals surface area (Å²) in [5.41, 5.74) is 0.193. The fraction of sp³-hybridized carbons (Fsp3) is 0.545. The third-order valence-electron chi connectivity index (χ3n) is 2.50. The molecule has 2 amide bonds. The van der Waals surface area contributed by atoms with Gasteiger partial charge in [0.1, 0.15) is 0 Å². The molecule has 96 valence electrons. The predicted octanol–water partition coefficient (Wildman–Crippen LogP) is 0.00190. The van der Waals surface area contributed by atoms with E-state index in [1.165, 1.54) is 32.8 Å². The Labute approximate surface area is 100 Å². The minimum absolute atomic E-state index is 0.0155. The van der Waals surface area contributed by atoms with Crippen molar-refractivity contribution in [2.45, 2.75) is 20.3 Å². The number of nitrogens with zero attached hydrogens (tertiary/aromatic N) is 1. The molecule has 0 spiro atoms. The van der Waals surface area contributed by atoms with E-state index >= 15 is 0 Å². The Kier molecular flexibility index (Phi) is 5.95. The van der Waals surface area contributed by atoms with Gasteiger partial charge in [0.2, 0.25) is 11.8 Å². The van der Waals surface area contributed by atoms with Crippen molar-refractivity contribution in [2.75, 3.05) is 20.6 Å². The molecule has 2 N–H and O–H groups in total. The first kappa shape index (κ1) is 15.2. The van der Waals surface area contributed by atoms with E-state index in [4.69, 9.17) is 5.11 Å². The molecule has 0 aromatic carbocycles. The molecule has 0 radical (unpaired) electrons.